The first-order valence-corrected chi connectivity index (χ1v) is 19.3. The van der Waals surface area contributed by atoms with E-state index in [-0.39, 0.29) is 12.5 Å². The largest absolute Gasteiger partial charge is 0.756 e. The van der Waals surface area contributed by atoms with Gasteiger partial charge in [0.1, 0.15) is 13.2 Å². The van der Waals surface area contributed by atoms with Gasteiger partial charge in [-0.15, -0.1) is 0 Å². The van der Waals surface area contributed by atoms with E-state index in [0.29, 0.717) is 17.4 Å². The monoisotopic (exact) mass is 656 g/mol. The SMILES string of the molecule is CCCCC/C=C/CC/C=C/C(O)C(COP(=O)([O-])OCC[N+](C)(C)C)NC(=O)CCCCCCC/C=C\CCCCCCC. The molecule has 3 unspecified atom stereocenters. The Balaban J connectivity index is 4.59. The quantitative estimate of drug-likeness (QED) is 0.0337. The van der Waals surface area contributed by atoms with Gasteiger partial charge < -0.3 is 28.8 Å². The van der Waals surface area contributed by atoms with Crippen molar-refractivity contribution in [1.82, 2.24) is 5.32 Å². The van der Waals surface area contributed by atoms with Crippen molar-refractivity contribution in [2.24, 2.45) is 0 Å². The fourth-order valence-electron chi connectivity index (χ4n) is 4.63. The van der Waals surface area contributed by atoms with Crippen LogP contribution in [0.25, 0.3) is 0 Å². The maximum absolute atomic E-state index is 12.7. The first-order chi connectivity index (χ1) is 21.5. The van der Waals surface area contributed by atoms with Crippen LogP contribution in [0.3, 0.4) is 0 Å². The summed E-state index contributed by atoms with van der Waals surface area (Å²) >= 11 is 0. The van der Waals surface area contributed by atoms with Gasteiger partial charge in [0.05, 0.1) is 39.9 Å². The Morgan fingerprint density at radius 3 is 1.84 bits per heavy atom. The predicted molar refractivity (Wildman–Crippen MR) is 187 cm³/mol. The summed E-state index contributed by atoms with van der Waals surface area (Å²) in [6.07, 6.45) is 31.9. The van der Waals surface area contributed by atoms with Crippen molar-refractivity contribution in [2.75, 3.05) is 40.9 Å². The number of nitrogens with one attached hydrogen (secondary N) is 1. The number of likely N-dealkylation sites (N-methyl/N-ethyl adjacent to an activating group) is 1. The Morgan fingerprint density at radius 2 is 1.24 bits per heavy atom. The standard InChI is InChI=1S/C36H69N2O6P/c1-6-8-10-12-14-16-17-18-19-20-22-24-26-28-30-36(40)37-34(33-44-45(41,42)43-32-31-38(3,4)5)35(39)29-27-25-23-21-15-13-11-9-7-2/h15,17-18,21,27,29,34-35,39H,6-14,16,19-20,22-26,28,30-33H2,1-5H3,(H-,37,40,41,42)/b18-17-,21-15+,29-27+. The highest BCUT2D eigenvalue weighted by molar-refractivity contribution is 7.45. The fraction of sp³-hybridized carbons (Fsp3) is 0.806. The molecule has 0 bridgehead atoms. The van der Waals surface area contributed by atoms with E-state index < -0.39 is 26.6 Å². The first kappa shape index (κ1) is 43.7. The molecule has 0 saturated heterocycles. The molecule has 264 valence electrons. The summed E-state index contributed by atoms with van der Waals surface area (Å²) in [5, 5.41) is 13.6. The summed E-state index contributed by atoms with van der Waals surface area (Å²) in [6, 6.07) is -0.902. The number of hydrogen-bond donors (Lipinski definition) is 2. The van der Waals surface area contributed by atoms with E-state index in [1.165, 1.54) is 57.8 Å². The second kappa shape index (κ2) is 28.9. The van der Waals surface area contributed by atoms with E-state index in [9.17, 15) is 19.4 Å². The number of phosphoric ester groups is 1. The molecule has 0 radical (unpaired) electrons. The summed E-state index contributed by atoms with van der Waals surface area (Å²) in [5.74, 6) is -0.223. The van der Waals surface area contributed by atoms with Crippen LogP contribution in [0, 0.1) is 0 Å². The average Bonchev–Trinajstić information content (AvgIpc) is 2.97. The number of unbranched alkanes of at least 4 members (excludes halogenated alkanes) is 14. The lowest BCUT2D eigenvalue weighted by Crippen LogP contribution is -2.45. The zero-order valence-electron chi connectivity index (χ0n) is 29.6. The molecule has 0 fully saturated rings. The van der Waals surface area contributed by atoms with Gasteiger partial charge in [0.2, 0.25) is 5.91 Å². The molecule has 0 aliphatic carbocycles. The van der Waals surface area contributed by atoms with Gasteiger partial charge in [0.25, 0.3) is 7.82 Å². The first-order valence-electron chi connectivity index (χ1n) is 17.9. The molecule has 2 N–H and O–H groups in total. The van der Waals surface area contributed by atoms with Crippen LogP contribution < -0.4 is 10.2 Å². The minimum atomic E-state index is -4.58. The van der Waals surface area contributed by atoms with Gasteiger partial charge in [-0.1, -0.05) is 108 Å². The maximum atomic E-state index is 12.7. The third kappa shape index (κ3) is 31.1. The molecule has 0 aromatic rings. The number of aliphatic hydroxyl groups excluding tert-OH is 1. The summed E-state index contributed by atoms with van der Waals surface area (Å²) < 4.78 is 23.0. The number of nitrogens with zero attached hydrogens (tertiary/aromatic N) is 1. The van der Waals surface area contributed by atoms with Gasteiger partial charge in [0, 0.05) is 6.42 Å². The van der Waals surface area contributed by atoms with E-state index >= 15 is 0 Å². The highest BCUT2D eigenvalue weighted by Crippen LogP contribution is 2.38. The van der Waals surface area contributed by atoms with Crippen molar-refractivity contribution in [3.63, 3.8) is 0 Å². The number of carbonyl (C=O) groups is 1. The minimum Gasteiger partial charge on any atom is -0.756 e. The molecular weight excluding hydrogens is 587 g/mol. The second-order valence-electron chi connectivity index (χ2n) is 13.2. The van der Waals surface area contributed by atoms with E-state index in [4.69, 9.17) is 9.05 Å². The summed E-state index contributed by atoms with van der Waals surface area (Å²) in [6.45, 7) is 4.52. The van der Waals surface area contributed by atoms with Crippen LogP contribution >= 0.6 is 7.82 Å². The zero-order valence-corrected chi connectivity index (χ0v) is 30.5. The molecule has 9 heteroatoms. The van der Waals surface area contributed by atoms with Gasteiger partial charge >= 0.3 is 0 Å². The molecule has 0 aromatic carbocycles. The van der Waals surface area contributed by atoms with Crippen LogP contribution in [-0.2, 0) is 18.4 Å². The smallest absolute Gasteiger partial charge is 0.268 e. The molecular formula is C36H69N2O6P. The Hall–Kier alpha value is -1.28. The van der Waals surface area contributed by atoms with Crippen LogP contribution in [0.4, 0.5) is 0 Å². The average molecular weight is 657 g/mol. The lowest BCUT2D eigenvalue weighted by Gasteiger charge is -2.29. The molecule has 0 aromatic heterocycles. The maximum Gasteiger partial charge on any atom is 0.268 e. The molecule has 1 amide bonds. The number of phosphoric acid groups is 1. The van der Waals surface area contributed by atoms with Gasteiger partial charge in [-0.25, -0.2) is 0 Å². The van der Waals surface area contributed by atoms with E-state index in [2.05, 4.69) is 43.5 Å². The molecule has 0 aliphatic heterocycles. The number of quaternary nitrogens is 1. The number of amides is 1. The van der Waals surface area contributed by atoms with E-state index in [1.54, 1.807) is 6.08 Å². The van der Waals surface area contributed by atoms with Crippen LogP contribution in [-0.4, -0.2) is 68.5 Å². The third-order valence-corrected chi connectivity index (χ3v) is 8.54. The van der Waals surface area contributed by atoms with Crippen LogP contribution in [0.1, 0.15) is 136 Å². The normalized spacial score (nSPS) is 15.3. The van der Waals surface area contributed by atoms with Crippen molar-refractivity contribution in [1.29, 1.82) is 0 Å². The van der Waals surface area contributed by atoms with Gasteiger partial charge in [-0.05, 0) is 57.8 Å². The highest BCUT2D eigenvalue weighted by atomic mass is 31.2. The molecule has 0 heterocycles. The highest BCUT2D eigenvalue weighted by Gasteiger charge is 2.23. The molecule has 45 heavy (non-hydrogen) atoms. The number of rotatable bonds is 31. The topological polar surface area (TPSA) is 108 Å². The van der Waals surface area contributed by atoms with E-state index in [0.717, 1.165) is 57.8 Å². The zero-order chi connectivity index (χ0) is 33.7. The lowest BCUT2D eigenvalue weighted by atomic mass is 10.1. The van der Waals surface area contributed by atoms with Crippen molar-refractivity contribution in [3.05, 3.63) is 36.5 Å². The molecule has 8 nitrogen and oxygen atoms in total. The van der Waals surface area contributed by atoms with Gasteiger partial charge in [0.15, 0.2) is 0 Å². The molecule has 0 spiro atoms. The summed E-state index contributed by atoms with van der Waals surface area (Å²) in [7, 11) is 1.23. The van der Waals surface area contributed by atoms with Crippen molar-refractivity contribution >= 4 is 13.7 Å². The van der Waals surface area contributed by atoms with Crippen molar-refractivity contribution < 1.29 is 32.9 Å². The molecule has 0 saturated carbocycles. The number of allylic oxidation sites excluding steroid dienone is 5. The summed E-state index contributed by atoms with van der Waals surface area (Å²) in [4.78, 5) is 25.0. The van der Waals surface area contributed by atoms with Crippen LogP contribution in [0.15, 0.2) is 36.5 Å². The molecule has 0 rings (SSSR count). The number of hydrogen-bond acceptors (Lipinski definition) is 6. The van der Waals surface area contributed by atoms with Crippen molar-refractivity contribution in [2.45, 2.75) is 148 Å². The Morgan fingerprint density at radius 1 is 0.756 bits per heavy atom. The Bertz CT molecular complexity index is 840. The van der Waals surface area contributed by atoms with Gasteiger partial charge in [-0.2, -0.15) is 0 Å². The summed E-state index contributed by atoms with van der Waals surface area (Å²) in [5.41, 5.74) is 0. The molecule has 0 aliphatic rings. The lowest BCUT2D eigenvalue weighted by molar-refractivity contribution is -0.870. The predicted octanol–water partition coefficient (Wildman–Crippen LogP) is 8.16. The number of aliphatic hydroxyl groups is 1. The fourth-order valence-corrected chi connectivity index (χ4v) is 5.35. The second-order valence-corrected chi connectivity index (χ2v) is 14.6. The molecule has 3 atom stereocenters. The van der Waals surface area contributed by atoms with Crippen LogP contribution in [0.2, 0.25) is 0 Å². The number of carbonyl (C=O) groups excluding carboxylic acids is 1. The van der Waals surface area contributed by atoms with Gasteiger partial charge in [-0.3, -0.25) is 9.36 Å². The van der Waals surface area contributed by atoms with Crippen molar-refractivity contribution in [3.8, 4) is 0 Å². The Kier molecular flexibility index (Phi) is 28.1. The van der Waals surface area contributed by atoms with Crippen LogP contribution in [0.5, 0.6) is 0 Å². The Labute approximate surface area is 276 Å². The third-order valence-electron chi connectivity index (χ3n) is 7.57. The van der Waals surface area contributed by atoms with E-state index in [1.807, 2.05) is 27.2 Å². The minimum absolute atomic E-state index is 0.00880.